The van der Waals surface area contributed by atoms with Crippen LogP contribution in [0.1, 0.15) is 43.6 Å². The molecular formula is C22H31N3O3S. The summed E-state index contributed by atoms with van der Waals surface area (Å²) in [5.41, 5.74) is 2.84. The molecule has 0 heterocycles. The summed E-state index contributed by atoms with van der Waals surface area (Å²) >= 11 is 0. The molecule has 0 atom stereocenters. The second-order valence-electron chi connectivity index (χ2n) is 6.74. The summed E-state index contributed by atoms with van der Waals surface area (Å²) in [7, 11) is -3.62. The first kappa shape index (κ1) is 22.9. The van der Waals surface area contributed by atoms with E-state index in [1.807, 2.05) is 24.3 Å². The van der Waals surface area contributed by atoms with Crippen LogP contribution in [0.3, 0.4) is 0 Å². The van der Waals surface area contributed by atoms with Gasteiger partial charge in [0.15, 0.2) is 0 Å². The van der Waals surface area contributed by atoms with Crippen molar-refractivity contribution in [1.29, 1.82) is 0 Å². The summed E-state index contributed by atoms with van der Waals surface area (Å²) in [6, 6.07) is 12.3. The van der Waals surface area contributed by atoms with Crippen LogP contribution in [0.2, 0.25) is 0 Å². The molecule has 2 aromatic carbocycles. The third-order valence-electron chi connectivity index (χ3n) is 5.05. The van der Waals surface area contributed by atoms with Gasteiger partial charge in [0.05, 0.1) is 4.90 Å². The smallest absolute Gasteiger partial charge is 0.255 e. The van der Waals surface area contributed by atoms with Crippen LogP contribution < -0.4 is 10.2 Å². The van der Waals surface area contributed by atoms with E-state index in [2.05, 4.69) is 24.1 Å². The highest BCUT2D eigenvalue weighted by molar-refractivity contribution is 7.89. The van der Waals surface area contributed by atoms with Gasteiger partial charge in [0.1, 0.15) is 0 Å². The molecule has 0 saturated heterocycles. The highest BCUT2D eigenvalue weighted by Gasteiger charge is 2.23. The van der Waals surface area contributed by atoms with E-state index in [1.54, 1.807) is 32.9 Å². The van der Waals surface area contributed by atoms with Gasteiger partial charge in [-0.2, -0.15) is 4.31 Å². The molecule has 0 bridgehead atoms. The molecule has 0 aromatic heterocycles. The first-order valence-corrected chi connectivity index (χ1v) is 11.5. The number of amides is 1. The number of anilines is 2. The molecule has 7 heteroatoms. The minimum absolute atomic E-state index is 0.133. The summed E-state index contributed by atoms with van der Waals surface area (Å²) in [6.07, 6.45) is 0. The maximum Gasteiger partial charge on any atom is 0.255 e. The minimum atomic E-state index is -3.62. The second kappa shape index (κ2) is 9.89. The summed E-state index contributed by atoms with van der Waals surface area (Å²) in [5, 5.41) is 2.87. The van der Waals surface area contributed by atoms with Gasteiger partial charge in [0.2, 0.25) is 10.0 Å². The monoisotopic (exact) mass is 417 g/mol. The molecule has 0 fully saturated rings. The van der Waals surface area contributed by atoms with Crippen molar-refractivity contribution in [2.45, 2.75) is 39.5 Å². The minimum Gasteiger partial charge on any atom is -0.372 e. The Morgan fingerprint density at radius 2 is 1.48 bits per heavy atom. The van der Waals surface area contributed by atoms with Crippen molar-refractivity contribution in [3.63, 3.8) is 0 Å². The molecule has 1 N–H and O–H groups in total. The number of carbonyl (C=O) groups is 1. The van der Waals surface area contributed by atoms with E-state index in [0.29, 0.717) is 24.3 Å². The lowest BCUT2D eigenvalue weighted by Crippen LogP contribution is -2.30. The third kappa shape index (κ3) is 5.16. The number of carbonyl (C=O) groups excluding carboxylic acids is 1. The van der Waals surface area contributed by atoms with Gasteiger partial charge in [-0.25, -0.2) is 8.42 Å². The van der Waals surface area contributed by atoms with Crippen LogP contribution in [0.15, 0.2) is 47.4 Å². The molecule has 6 nitrogen and oxygen atoms in total. The fourth-order valence-electron chi connectivity index (χ4n) is 3.26. The van der Waals surface area contributed by atoms with Gasteiger partial charge in [0.25, 0.3) is 5.91 Å². The lowest BCUT2D eigenvalue weighted by atomic mass is 10.1. The molecule has 0 aliphatic carbocycles. The Hall–Kier alpha value is -2.38. The van der Waals surface area contributed by atoms with Crippen LogP contribution in [0, 0.1) is 6.92 Å². The van der Waals surface area contributed by atoms with Gasteiger partial charge in [-0.15, -0.1) is 0 Å². The standard InChI is InChI=1S/C22H31N3O3S/c1-6-24(7-2)19-13-11-18(12-14-19)23-22(26)21-16-20(15-10-17(21)5)29(27,28)25(8-3)9-4/h10-16H,6-9H2,1-5H3,(H,23,26). The molecule has 0 radical (unpaired) electrons. The number of nitrogens with one attached hydrogen (secondary N) is 1. The normalized spacial score (nSPS) is 11.5. The number of rotatable bonds is 9. The molecule has 0 aliphatic rings. The summed E-state index contributed by atoms with van der Waals surface area (Å²) in [5.74, 6) is -0.324. The van der Waals surface area contributed by atoms with Crippen molar-refractivity contribution >= 4 is 27.3 Å². The van der Waals surface area contributed by atoms with E-state index in [-0.39, 0.29) is 10.8 Å². The Balaban J connectivity index is 2.27. The Morgan fingerprint density at radius 1 is 0.897 bits per heavy atom. The summed E-state index contributed by atoms with van der Waals surface area (Å²) in [6.45, 7) is 12.2. The summed E-state index contributed by atoms with van der Waals surface area (Å²) < 4.78 is 27.0. The number of aryl methyl sites for hydroxylation is 1. The zero-order valence-electron chi connectivity index (χ0n) is 17.9. The SMILES string of the molecule is CCN(CC)c1ccc(NC(=O)c2cc(S(=O)(=O)N(CC)CC)ccc2C)cc1. The second-order valence-corrected chi connectivity index (χ2v) is 8.68. The van der Waals surface area contributed by atoms with Crippen molar-refractivity contribution in [3.8, 4) is 0 Å². The largest absolute Gasteiger partial charge is 0.372 e. The first-order chi connectivity index (χ1) is 13.8. The first-order valence-electron chi connectivity index (χ1n) is 10.1. The molecule has 2 aromatic rings. The van der Waals surface area contributed by atoms with Crippen LogP contribution in [0.4, 0.5) is 11.4 Å². The van der Waals surface area contributed by atoms with Crippen LogP contribution >= 0.6 is 0 Å². The van der Waals surface area contributed by atoms with Crippen LogP contribution in [0.25, 0.3) is 0 Å². The van der Waals surface area contributed by atoms with Crippen molar-refractivity contribution < 1.29 is 13.2 Å². The van der Waals surface area contributed by atoms with Crippen LogP contribution in [0.5, 0.6) is 0 Å². The Labute approximate surface area is 174 Å². The Morgan fingerprint density at radius 3 is 2.00 bits per heavy atom. The lowest BCUT2D eigenvalue weighted by Gasteiger charge is -2.21. The zero-order valence-corrected chi connectivity index (χ0v) is 18.7. The number of benzene rings is 2. The third-order valence-corrected chi connectivity index (χ3v) is 7.10. The van der Waals surface area contributed by atoms with Gasteiger partial charge >= 0.3 is 0 Å². The molecule has 1 amide bonds. The fraction of sp³-hybridized carbons (Fsp3) is 0.409. The molecule has 2 rings (SSSR count). The van der Waals surface area contributed by atoms with E-state index >= 15 is 0 Å². The van der Waals surface area contributed by atoms with Crippen molar-refractivity contribution in [2.75, 3.05) is 36.4 Å². The topological polar surface area (TPSA) is 69.7 Å². The van der Waals surface area contributed by atoms with Crippen LogP contribution in [-0.4, -0.2) is 44.8 Å². The number of sulfonamides is 1. The van der Waals surface area contributed by atoms with Crippen molar-refractivity contribution in [1.82, 2.24) is 4.31 Å². The lowest BCUT2D eigenvalue weighted by molar-refractivity contribution is 0.102. The number of hydrogen-bond acceptors (Lipinski definition) is 4. The van der Waals surface area contributed by atoms with Gasteiger partial charge in [-0.3, -0.25) is 4.79 Å². The molecular weight excluding hydrogens is 386 g/mol. The van der Waals surface area contributed by atoms with Crippen molar-refractivity contribution in [3.05, 3.63) is 53.6 Å². The van der Waals surface area contributed by atoms with E-state index in [1.165, 1.54) is 10.4 Å². The Kier molecular flexibility index (Phi) is 7.81. The fourth-order valence-corrected chi connectivity index (χ4v) is 4.75. The van der Waals surface area contributed by atoms with Gasteiger partial charge in [0, 0.05) is 43.1 Å². The van der Waals surface area contributed by atoms with Gasteiger partial charge in [-0.05, 0) is 62.7 Å². The predicted molar refractivity (Wildman–Crippen MR) is 119 cm³/mol. The number of nitrogens with zero attached hydrogens (tertiary/aromatic N) is 2. The molecule has 0 spiro atoms. The van der Waals surface area contributed by atoms with Gasteiger partial charge in [-0.1, -0.05) is 19.9 Å². The quantitative estimate of drug-likeness (QED) is 0.666. The van der Waals surface area contributed by atoms with Crippen LogP contribution in [-0.2, 0) is 10.0 Å². The van der Waals surface area contributed by atoms with E-state index in [4.69, 9.17) is 0 Å². The van der Waals surface area contributed by atoms with E-state index < -0.39 is 10.0 Å². The molecule has 0 saturated carbocycles. The molecule has 0 aliphatic heterocycles. The summed E-state index contributed by atoms with van der Waals surface area (Å²) in [4.78, 5) is 15.2. The molecule has 158 valence electrons. The Bertz CT molecular complexity index is 932. The van der Waals surface area contributed by atoms with E-state index in [9.17, 15) is 13.2 Å². The zero-order chi connectivity index (χ0) is 21.6. The molecule has 29 heavy (non-hydrogen) atoms. The van der Waals surface area contributed by atoms with E-state index in [0.717, 1.165) is 24.3 Å². The maximum absolute atomic E-state index is 12.8. The predicted octanol–water partition coefficient (Wildman–Crippen LogP) is 4.12. The highest BCUT2D eigenvalue weighted by atomic mass is 32.2. The van der Waals surface area contributed by atoms with Crippen molar-refractivity contribution in [2.24, 2.45) is 0 Å². The maximum atomic E-state index is 12.8. The highest BCUT2D eigenvalue weighted by Crippen LogP contribution is 2.22. The molecule has 0 unspecified atom stereocenters. The average Bonchev–Trinajstić information content (AvgIpc) is 2.71. The average molecular weight is 418 g/mol. The van der Waals surface area contributed by atoms with Gasteiger partial charge < -0.3 is 10.2 Å². The number of hydrogen-bond donors (Lipinski definition) is 1.